The Labute approximate surface area is 125 Å². The van der Waals surface area contributed by atoms with E-state index in [0.717, 1.165) is 12.8 Å². The molecule has 0 N–H and O–H groups in total. The van der Waals surface area contributed by atoms with Gasteiger partial charge in [0.25, 0.3) is 5.25 Å². The number of hydrogen-bond donors (Lipinski definition) is 0. The third-order valence-electron chi connectivity index (χ3n) is 3.57. The van der Waals surface area contributed by atoms with Crippen molar-refractivity contribution in [2.45, 2.75) is 84.3 Å². The summed E-state index contributed by atoms with van der Waals surface area (Å²) in [6.07, 6.45) is 9.95. The lowest BCUT2D eigenvalue weighted by molar-refractivity contribution is -0.205. The Bertz CT molecular complexity index is 191. The zero-order valence-corrected chi connectivity index (χ0v) is 14.1. The lowest BCUT2D eigenvalue weighted by atomic mass is 9.96. The van der Waals surface area contributed by atoms with E-state index in [2.05, 4.69) is 13.8 Å². The number of ether oxygens (including phenoxy) is 2. The molecule has 0 spiro atoms. The number of halogens is 1. The molecule has 0 amide bonds. The Morgan fingerprint density at radius 3 is 1.84 bits per heavy atom. The van der Waals surface area contributed by atoms with Gasteiger partial charge in [0.1, 0.15) is 0 Å². The van der Waals surface area contributed by atoms with Crippen LogP contribution in [-0.2, 0) is 9.47 Å². The average Bonchev–Trinajstić information content (AvgIpc) is 2.38. The largest absolute Gasteiger partial charge is 0.337 e. The molecule has 0 aliphatic rings. The van der Waals surface area contributed by atoms with Gasteiger partial charge in [0.2, 0.25) is 0 Å². The minimum atomic E-state index is -0.915. The summed E-state index contributed by atoms with van der Waals surface area (Å²) < 4.78 is 11.3. The van der Waals surface area contributed by atoms with E-state index < -0.39 is 5.25 Å². The first-order valence-corrected chi connectivity index (χ1v) is 8.49. The van der Waals surface area contributed by atoms with Crippen LogP contribution >= 0.6 is 11.6 Å². The van der Waals surface area contributed by atoms with Crippen molar-refractivity contribution < 1.29 is 9.47 Å². The molecule has 0 aliphatic carbocycles. The Hall–Kier alpha value is 0.210. The fraction of sp³-hybridized carbons (Fsp3) is 1.00. The molecule has 0 rings (SSSR count). The van der Waals surface area contributed by atoms with E-state index in [9.17, 15) is 0 Å². The predicted molar refractivity (Wildman–Crippen MR) is 83.6 cm³/mol. The summed E-state index contributed by atoms with van der Waals surface area (Å²) in [5, 5.41) is -0.915. The molecule has 0 aromatic carbocycles. The van der Waals surface area contributed by atoms with Crippen LogP contribution in [0.25, 0.3) is 0 Å². The molecule has 0 saturated carbocycles. The highest BCUT2D eigenvalue weighted by Crippen LogP contribution is 2.35. The molecular formula is C16H33ClO2. The van der Waals surface area contributed by atoms with E-state index in [1.807, 2.05) is 13.8 Å². The molecule has 0 radical (unpaired) electrons. The lowest BCUT2D eigenvalue weighted by Gasteiger charge is -2.34. The minimum absolute atomic E-state index is 0.278. The molecule has 0 aliphatic heterocycles. The molecule has 0 bridgehead atoms. The van der Waals surface area contributed by atoms with Gasteiger partial charge in [-0.15, -0.1) is 0 Å². The van der Waals surface area contributed by atoms with Crippen molar-refractivity contribution in [1.29, 1.82) is 0 Å². The summed E-state index contributed by atoms with van der Waals surface area (Å²) in [6, 6.07) is 0. The number of unbranched alkanes of at least 4 members (excludes halogenated alkanes) is 5. The van der Waals surface area contributed by atoms with Crippen LogP contribution in [0, 0.1) is 5.92 Å². The molecular weight excluding hydrogens is 260 g/mol. The second-order valence-corrected chi connectivity index (χ2v) is 5.64. The monoisotopic (exact) mass is 292 g/mol. The first-order valence-electron chi connectivity index (χ1n) is 8.11. The molecule has 0 fully saturated rings. The summed E-state index contributed by atoms with van der Waals surface area (Å²) in [6.45, 7) is 9.53. The van der Waals surface area contributed by atoms with Gasteiger partial charge in [0.05, 0.1) is 0 Å². The molecule has 0 aromatic rings. The topological polar surface area (TPSA) is 18.5 Å². The maximum absolute atomic E-state index is 6.52. The zero-order chi connectivity index (χ0) is 14.6. The molecule has 0 aromatic heterocycles. The van der Waals surface area contributed by atoms with E-state index in [-0.39, 0.29) is 5.92 Å². The van der Waals surface area contributed by atoms with Gasteiger partial charge in [-0.2, -0.15) is 0 Å². The standard InChI is InChI=1S/C16H33ClO2/c1-5-9-10-11-12-13-14-15(6-2)16(17,18-7-3)19-8-4/h15H,5-14H2,1-4H3. The average molecular weight is 293 g/mol. The fourth-order valence-corrected chi connectivity index (χ4v) is 2.94. The normalized spacial score (nSPS) is 13.7. The van der Waals surface area contributed by atoms with Gasteiger partial charge in [0, 0.05) is 19.1 Å². The Balaban J connectivity index is 4.07. The van der Waals surface area contributed by atoms with Crippen LogP contribution in [0.15, 0.2) is 0 Å². The van der Waals surface area contributed by atoms with Crippen LogP contribution in [0.4, 0.5) is 0 Å². The summed E-state index contributed by atoms with van der Waals surface area (Å²) >= 11 is 6.52. The van der Waals surface area contributed by atoms with Gasteiger partial charge in [-0.25, -0.2) is 0 Å². The maximum Gasteiger partial charge on any atom is 0.251 e. The van der Waals surface area contributed by atoms with E-state index in [4.69, 9.17) is 21.1 Å². The number of hydrogen-bond acceptors (Lipinski definition) is 2. The highest BCUT2D eigenvalue weighted by Gasteiger charge is 2.37. The minimum Gasteiger partial charge on any atom is -0.337 e. The van der Waals surface area contributed by atoms with Crippen LogP contribution in [0.5, 0.6) is 0 Å². The van der Waals surface area contributed by atoms with Gasteiger partial charge >= 0.3 is 0 Å². The van der Waals surface area contributed by atoms with Gasteiger partial charge < -0.3 is 9.47 Å². The summed E-state index contributed by atoms with van der Waals surface area (Å²) in [4.78, 5) is 0. The quantitative estimate of drug-likeness (QED) is 0.245. The maximum atomic E-state index is 6.52. The molecule has 19 heavy (non-hydrogen) atoms. The molecule has 1 unspecified atom stereocenters. The molecule has 116 valence electrons. The number of rotatable bonds is 13. The highest BCUT2D eigenvalue weighted by molar-refractivity contribution is 6.22. The number of alkyl halides is 1. The van der Waals surface area contributed by atoms with Gasteiger partial charge in [-0.1, -0.05) is 64.0 Å². The van der Waals surface area contributed by atoms with Crippen molar-refractivity contribution in [3.63, 3.8) is 0 Å². The molecule has 0 saturated heterocycles. The van der Waals surface area contributed by atoms with Crippen molar-refractivity contribution in [3.05, 3.63) is 0 Å². The van der Waals surface area contributed by atoms with Crippen LogP contribution < -0.4 is 0 Å². The van der Waals surface area contributed by atoms with Crippen molar-refractivity contribution in [2.24, 2.45) is 5.92 Å². The van der Waals surface area contributed by atoms with Crippen molar-refractivity contribution in [3.8, 4) is 0 Å². The highest BCUT2D eigenvalue weighted by atomic mass is 35.5. The van der Waals surface area contributed by atoms with Crippen LogP contribution in [-0.4, -0.2) is 18.5 Å². The molecule has 2 nitrogen and oxygen atoms in total. The molecule has 0 heterocycles. The molecule has 3 heteroatoms. The van der Waals surface area contributed by atoms with Crippen LogP contribution in [0.1, 0.15) is 79.1 Å². The Morgan fingerprint density at radius 2 is 1.37 bits per heavy atom. The summed E-state index contributed by atoms with van der Waals surface area (Å²) in [5.74, 6) is 0.278. The van der Waals surface area contributed by atoms with Crippen molar-refractivity contribution in [2.75, 3.05) is 13.2 Å². The lowest BCUT2D eigenvalue weighted by Crippen LogP contribution is -2.38. The molecule has 1 atom stereocenters. The van der Waals surface area contributed by atoms with E-state index in [1.54, 1.807) is 0 Å². The van der Waals surface area contributed by atoms with E-state index in [1.165, 1.54) is 38.5 Å². The third kappa shape index (κ3) is 8.16. The zero-order valence-electron chi connectivity index (χ0n) is 13.3. The second-order valence-electron chi connectivity index (χ2n) is 5.11. The Kier molecular flexibility index (Phi) is 12.1. The van der Waals surface area contributed by atoms with Gasteiger partial charge in [-0.05, 0) is 26.7 Å². The van der Waals surface area contributed by atoms with E-state index >= 15 is 0 Å². The first-order chi connectivity index (χ1) is 9.14. The Morgan fingerprint density at radius 1 is 0.842 bits per heavy atom. The van der Waals surface area contributed by atoms with Crippen molar-refractivity contribution >= 4 is 11.6 Å². The van der Waals surface area contributed by atoms with Crippen molar-refractivity contribution in [1.82, 2.24) is 0 Å². The van der Waals surface area contributed by atoms with Gasteiger partial charge in [0.15, 0.2) is 0 Å². The van der Waals surface area contributed by atoms with E-state index in [0.29, 0.717) is 13.2 Å². The second kappa shape index (κ2) is 12.0. The first kappa shape index (κ1) is 19.2. The summed E-state index contributed by atoms with van der Waals surface area (Å²) in [5.41, 5.74) is 0. The smallest absolute Gasteiger partial charge is 0.251 e. The van der Waals surface area contributed by atoms with Crippen LogP contribution in [0.3, 0.4) is 0 Å². The third-order valence-corrected chi connectivity index (χ3v) is 4.10. The SMILES string of the molecule is CCCCCCCCC(CC)C(Cl)(OCC)OCC. The van der Waals surface area contributed by atoms with Gasteiger partial charge in [-0.3, -0.25) is 0 Å². The fourth-order valence-electron chi connectivity index (χ4n) is 2.46. The summed E-state index contributed by atoms with van der Waals surface area (Å²) in [7, 11) is 0. The van der Waals surface area contributed by atoms with Crippen LogP contribution in [0.2, 0.25) is 0 Å². The predicted octanol–water partition coefficient (Wildman–Crippen LogP) is 5.73.